The van der Waals surface area contributed by atoms with Crippen LogP contribution in [0.3, 0.4) is 0 Å². The summed E-state index contributed by atoms with van der Waals surface area (Å²) in [4.78, 5) is 0. The molecule has 0 aromatic rings. The van der Waals surface area contributed by atoms with E-state index in [4.69, 9.17) is 18.6 Å². The van der Waals surface area contributed by atoms with E-state index in [1.165, 1.54) is 249 Å². The number of hydrogen-bond acceptors (Lipinski definition) is 4. The van der Waals surface area contributed by atoms with Gasteiger partial charge < -0.3 is 4.48 Å². The molecule has 292 valence electrons. The van der Waals surface area contributed by atoms with E-state index in [0.29, 0.717) is 0 Å². The maximum absolute atomic E-state index is 8.49. The highest BCUT2D eigenvalue weighted by Gasteiger charge is 2.25. The molecule has 0 aliphatic rings. The second-order valence-electron chi connectivity index (χ2n) is 15.2. The standard InChI is InChI=1S/C42H88N.ClHO4/c1-5-9-13-17-21-22-23-24-25-26-27-28-29-30-34-38-42-43(39-35-31-18-14-10-6-2,40-36-32-19-15-11-7-3)41-37-33-20-16-12-8-4;2-1(3,4)5/h5-42H2,1-4H3;(H,2,3,4,5)/q+1;/p-1. The van der Waals surface area contributed by atoms with E-state index in [1.54, 1.807) is 0 Å². The zero-order chi connectivity index (χ0) is 35.9. The molecule has 0 aromatic heterocycles. The van der Waals surface area contributed by atoms with E-state index in [9.17, 15) is 0 Å². The molecule has 0 unspecified atom stereocenters. The summed E-state index contributed by atoms with van der Waals surface area (Å²) < 4.78 is 35.5. The van der Waals surface area contributed by atoms with E-state index >= 15 is 0 Å². The predicted molar refractivity (Wildman–Crippen MR) is 199 cm³/mol. The van der Waals surface area contributed by atoms with Crippen molar-refractivity contribution in [3.63, 3.8) is 0 Å². The summed E-state index contributed by atoms with van der Waals surface area (Å²) in [6, 6.07) is 0. The first-order valence-electron chi connectivity index (χ1n) is 21.7. The fourth-order valence-corrected chi connectivity index (χ4v) is 7.35. The Morgan fingerprint density at radius 1 is 0.250 bits per heavy atom. The summed E-state index contributed by atoms with van der Waals surface area (Å²) in [5, 5.41) is 0. The zero-order valence-electron chi connectivity index (χ0n) is 33.3. The van der Waals surface area contributed by atoms with E-state index in [-0.39, 0.29) is 0 Å². The Bertz CT molecular complexity index is 540. The van der Waals surface area contributed by atoms with Crippen molar-refractivity contribution >= 4 is 0 Å². The fraction of sp³-hybridized carbons (Fsp3) is 1.00. The average molecular weight is 707 g/mol. The monoisotopic (exact) mass is 706 g/mol. The number of rotatable bonds is 38. The van der Waals surface area contributed by atoms with Gasteiger partial charge in [0.1, 0.15) is 0 Å². The zero-order valence-corrected chi connectivity index (χ0v) is 34.1. The Kier molecular flexibility index (Phi) is 41.7. The average Bonchev–Trinajstić information content (AvgIpc) is 3.05. The van der Waals surface area contributed by atoms with E-state index in [1.807, 2.05) is 0 Å². The highest BCUT2D eigenvalue weighted by Crippen LogP contribution is 2.21. The summed E-state index contributed by atoms with van der Waals surface area (Å²) in [6.07, 6.45) is 49.7. The molecule has 0 aromatic carbocycles. The summed E-state index contributed by atoms with van der Waals surface area (Å²) in [6.45, 7) is 15.3. The Balaban J connectivity index is 0. The van der Waals surface area contributed by atoms with Crippen molar-refractivity contribution in [2.75, 3.05) is 26.2 Å². The minimum absolute atomic E-state index is 1.37. The van der Waals surface area contributed by atoms with Crippen molar-refractivity contribution in [2.45, 2.75) is 246 Å². The molecule has 6 heteroatoms. The van der Waals surface area contributed by atoms with E-state index in [0.717, 1.165) is 0 Å². The van der Waals surface area contributed by atoms with Crippen LogP contribution in [0.2, 0.25) is 0 Å². The first kappa shape index (κ1) is 50.2. The van der Waals surface area contributed by atoms with Crippen molar-refractivity contribution in [1.82, 2.24) is 0 Å². The first-order valence-corrected chi connectivity index (χ1v) is 22.9. The number of nitrogens with zero attached hydrogens (tertiary/aromatic N) is 1. The molecule has 48 heavy (non-hydrogen) atoms. The third-order valence-electron chi connectivity index (χ3n) is 10.4. The van der Waals surface area contributed by atoms with Crippen LogP contribution >= 0.6 is 0 Å². The molecule has 0 rings (SSSR count). The molecule has 0 fully saturated rings. The Hall–Kier alpha value is 0.0900. The Morgan fingerprint density at radius 3 is 0.521 bits per heavy atom. The topological polar surface area (TPSA) is 92.2 Å². The summed E-state index contributed by atoms with van der Waals surface area (Å²) >= 11 is 0. The number of unbranched alkanes of at least 4 members (excludes halogenated alkanes) is 30. The second-order valence-corrected chi connectivity index (χ2v) is 16.0. The van der Waals surface area contributed by atoms with Crippen LogP contribution in [-0.4, -0.2) is 30.7 Å². The molecule has 0 aliphatic heterocycles. The third-order valence-corrected chi connectivity index (χ3v) is 10.4. The molecule has 0 saturated heterocycles. The smallest absolute Gasteiger partial charge is 0.0786 e. The molecule has 0 radical (unpaired) electrons. The molecule has 0 saturated carbocycles. The van der Waals surface area contributed by atoms with Gasteiger partial charge in [-0.3, -0.25) is 0 Å². The lowest BCUT2D eigenvalue weighted by Gasteiger charge is -2.40. The van der Waals surface area contributed by atoms with Crippen molar-refractivity contribution in [3.05, 3.63) is 0 Å². The van der Waals surface area contributed by atoms with Gasteiger partial charge in [-0.2, -0.15) is 0 Å². The van der Waals surface area contributed by atoms with Crippen LogP contribution in [-0.2, 0) is 0 Å². The van der Waals surface area contributed by atoms with Gasteiger partial charge in [0.05, 0.1) is 26.2 Å². The summed E-state index contributed by atoms with van der Waals surface area (Å²) in [5.74, 6) is 0. The van der Waals surface area contributed by atoms with E-state index < -0.39 is 10.2 Å². The molecule has 0 bridgehead atoms. The third kappa shape index (κ3) is 44.1. The van der Waals surface area contributed by atoms with Crippen molar-refractivity contribution in [1.29, 1.82) is 0 Å². The molecule has 0 amide bonds. The first-order chi connectivity index (χ1) is 23.2. The highest BCUT2D eigenvalue weighted by molar-refractivity contribution is 4.56. The van der Waals surface area contributed by atoms with Gasteiger partial charge in [0.15, 0.2) is 0 Å². The Labute approximate surface area is 304 Å². The second kappa shape index (κ2) is 39.9. The summed E-state index contributed by atoms with van der Waals surface area (Å²) in [7, 11) is -4.94. The van der Waals surface area contributed by atoms with E-state index in [2.05, 4.69) is 27.7 Å². The number of quaternary nitrogens is 1. The van der Waals surface area contributed by atoms with Gasteiger partial charge in [0, 0.05) is 0 Å². The van der Waals surface area contributed by atoms with Crippen LogP contribution in [0.5, 0.6) is 0 Å². The molecule has 0 atom stereocenters. The van der Waals surface area contributed by atoms with Crippen LogP contribution in [0.15, 0.2) is 0 Å². The lowest BCUT2D eigenvalue weighted by atomic mass is 10.0. The van der Waals surface area contributed by atoms with Crippen LogP contribution in [0.4, 0.5) is 0 Å². The predicted octanol–water partition coefficient (Wildman–Crippen LogP) is 10.4. The van der Waals surface area contributed by atoms with Crippen LogP contribution in [0.1, 0.15) is 246 Å². The van der Waals surface area contributed by atoms with Crippen LogP contribution in [0.25, 0.3) is 0 Å². The van der Waals surface area contributed by atoms with Gasteiger partial charge in [0.25, 0.3) is 0 Å². The molecule has 0 N–H and O–H groups in total. The van der Waals surface area contributed by atoms with Gasteiger partial charge in [0.2, 0.25) is 0 Å². The maximum atomic E-state index is 8.49. The van der Waals surface area contributed by atoms with Crippen LogP contribution in [0, 0.1) is 10.2 Å². The number of halogens is 1. The lowest BCUT2D eigenvalue weighted by Crippen LogP contribution is -2.68. The minimum Gasteiger partial charge on any atom is -0.324 e. The highest BCUT2D eigenvalue weighted by atomic mass is 35.7. The molecule has 0 heterocycles. The van der Waals surface area contributed by atoms with Gasteiger partial charge in [-0.15, -0.1) is 10.2 Å². The van der Waals surface area contributed by atoms with Gasteiger partial charge >= 0.3 is 0 Å². The van der Waals surface area contributed by atoms with Gasteiger partial charge in [-0.05, 0) is 51.4 Å². The van der Waals surface area contributed by atoms with Gasteiger partial charge in [-0.25, -0.2) is 18.6 Å². The quantitative estimate of drug-likeness (QED) is 0.0472. The molecular weight excluding hydrogens is 618 g/mol. The summed E-state index contributed by atoms with van der Waals surface area (Å²) in [5.41, 5.74) is 0. The van der Waals surface area contributed by atoms with Crippen molar-refractivity contribution < 1.29 is 33.4 Å². The van der Waals surface area contributed by atoms with Crippen molar-refractivity contribution in [3.8, 4) is 0 Å². The lowest BCUT2D eigenvalue weighted by molar-refractivity contribution is -2.00. The maximum Gasteiger partial charge on any atom is 0.0786 e. The molecule has 0 aliphatic carbocycles. The normalized spacial score (nSPS) is 12.0. The van der Waals surface area contributed by atoms with Crippen molar-refractivity contribution in [2.24, 2.45) is 0 Å². The number of hydrogen-bond donors (Lipinski definition) is 0. The largest absolute Gasteiger partial charge is 0.324 e. The van der Waals surface area contributed by atoms with Crippen LogP contribution < -0.4 is 18.6 Å². The minimum atomic E-state index is -4.94. The van der Waals surface area contributed by atoms with Gasteiger partial charge in [-0.1, -0.05) is 195 Å². The molecule has 5 nitrogen and oxygen atoms in total. The SMILES string of the molecule is CCCCCCCCCCCCCCCCCC[N+](CCCCCCCC)(CCCCCCCC)CCCCCCCC.[O-][Cl+3]([O-])([O-])[O-]. The fourth-order valence-electron chi connectivity index (χ4n) is 7.35. The Morgan fingerprint density at radius 2 is 0.375 bits per heavy atom. The molecule has 0 spiro atoms. The molecular formula is C42H88ClNO4.